The standard InChI is InChI=1S/C14H28N2/c1-12-9-10-15-14(2,3)11-16(12)13-7-5-4-6-8-13/h12-13,15H,4-11H2,1-3H3. The van der Waals surface area contributed by atoms with Crippen molar-refractivity contribution in [2.45, 2.75) is 76.9 Å². The average molecular weight is 224 g/mol. The number of nitrogens with zero attached hydrogens (tertiary/aromatic N) is 1. The maximum Gasteiger partial charge on any atom is 0.0252 e. The highest BCUT2D eigenvalue weighted by molar-refractivity contribution is 4.91. The van der Waals surface area contributed by atoms with Crippen LogP contribution in [0.1, 0.15) is 59.3 Å². The molecule has 0 amide bonds. The van der Waals surface area contributed by atoms with E-state index >= 15 is 0 Å². The van der Waals surface area contributed by atoms with Crippen LogP contribution in [0.2, 0.25) is 0 Å². The van der Waals surface area contributed by atoms with Crippen LogP contribution in [0.15, 0.2) is 0 Å². The van der Waals surface area contributed by atoms with Crippen molar-refractivity contribution in [3.8, 4) is 0 Å². The smallest absolute Gasteiger partial charge is 0.0252 e. The summed E-state index contributed by atoms with van der Waals surface area (Å²) in [6, 6.07) is 1.63. The molecule has 0 aromatic carbocycles. The highest BCUT2D eigenvalue weighted by Gasteiger charge is 2.32. The van der Waals surface area contributed by atoms with Crippen molar-refractivity contribution in [3.05, 3.63) is 0 Å². The van der Waals surface area contributed by atoms with Crippen LogP contribution in [-0.2, 0) is 0 Å². The summed E-state index contributed by atoms with van der Waals surface area (Å²) in [7, 11) is 0. The van der Waals surface area contributed by atoms with E-state index in [1.165, 1.54) is 51.6 Å². The molecule has 0 bridgehead atoms. The molecule has 2 heteroatoms. The fraction of sp³-hybridized carbons (Fsp3) is 1.00. The van der Waals surface area contributed by atoms with Crippen LogP contribution in [-0.4, -0.2) is 35.6 Å². The molecule has 94 valence electrons. The minimum absolute atomic E-state index is 0.294. The largest absolute Gasteiger partial charge is 0.310 e. The van der Waals surface area contributed by atoms with Crippen molar-refractivity contribution in [2.24, 2.45) is 0 Å². The maximum absolute atomic E-state index is 3.68. The molecular formula is C14H28N2. The normalized spacial score (nSPS) is 33.6. The van der Waals surface area contributed by atoms with E-state index in [4.69, 9.17) is 0 Å². The molecule has 0 spiro atoms. The van der Waals surface area contributed by atoms with Crippen molar-refractivity contribution in [1.29, 1.82) is 0 Å². The van der Waals surface area contributed by atoms with Gasteiger partial charge in [-0.05, 0) is 46.6 Å². The molecule has 1 heterocycles. The molecule has 0 aromatic heterocycles. The van der Waals surface area contributed by atoms with Crippen molar-refractivity contribution in [2.75, 3.05) is 13.1 Å². The number of rotatable bonds is 1. The molecular weight excluding hydrogens is 196 g/mol. The molecule has 0 aromatic rings. The summed E-state index contributed by atoms with van der Waals surface area (Å²) in [5.74, 6) is 0. The van der Waals surface area contributed by atoms with Crippen molar-refractivity contribution in [3.63, 3.8) is 0 Å². The van der Waals surface area contributed by atoms with E-state index in [9.17, 15) is 0 Å². The van der Waals surface area contributed by atoms with E-state index in [1.807, 2.05) is 0 Å². The predicted octanol–water partition coefficient (Wildman–Crippen LogP) is 2.78. The van der Waals surface area contributed by atoms with Gasteiger partial charge in [0.15, 0.2) is 0 Å². The Hall–Kier alpha value is -0.0800. The summed E-state index contributed by atoms with van der Waals surface area (Å²) >= 11 is 0. The first-order valence-corrected chi connectivity index (χ1v) is 7.09. The number of nitrogens with one attached hydrogen (secondary N) is 1. The van der Waals surface area contributed by atoms with Gasteiger partial charge in [-0.25, -0.2) is 0 Å². The minimum Gasteiger partial charge on any atom is -0.310 e. The number of hydrogen-bond donors (Lipinski definition) is 1. The molecule has 0 radical (unpaired) electrons. The summed E-state index contributed by atoms with van der Waals surface area (Å²) in [6.45, 7) is 9.51. The molecule has 1 aliphatic carbocycles. The van der Waals surface area contributed by atoms with Gasteiger partial charge < -0.3 is 5.32 Å². The Balaban J connectivity index is 2.03. The zero-order chi connectivity index (χ0) is 11.6. The summed E-state index contributed by atoms with van der Waals surface area (Å²) in [5, 5.41) is 3.68. The fourth-order valence-electron chi connectivity index (χ4n) is 3.36. The molecule has 2 nitrogen and oxygen atoms in total. The molecule has 16 heavy (non-hydrogen) atoms. The van der Waals surface area contributed by atoms with Crippen LogP contribution in [0, 0.1) is 0 Å². The third kappa shape index (κ3) is 2.98. The lowest BCUT2D eigenvalue weighted by Gasteiger charge is -2.40. The van der Waals surface area contributed by atoms with E-state index in [0.717, 1.165) is 12.1 Å². The summed E-state index contributed by atoms with van der Waals surface area (Å²) in [5.41, 5.74) is 0.294. The Labute approximate surface area is 101 Å². The first kappa shape index (κ1) is 12.4. The molecule has 2 rings (SSSR count). The third-order valence-electron chi connectivity index (χ3n) is 4.35. The van der Waals surface area contributed by atoms with Gasteiger partial charge in [0.1, 0.15) is 0 Å². The van der Waals surface area contributed by atoms with E-state index in [2.05, 4.69) is 31.0 Å². The van der Waals surface area contributed by atoms with Crippen molar-refractivity contribution in [1.82, 2.24) is 10.2 Å². The minimum atomic E-state index is 0.294. The molecule has 2 fully saturated rings. The second kappa shape index (κ2) is 5.05. The molecule has 2 aliphatic rings. The van der Waals surface area contributed by atoms with E-state index in [0.29, 0.717) is 5.54 Å². The molecule has 1 atom stereocenters. The summed E-state index contributed by atoms with van der Waals surface area (Å²) in [4.78, 5) is 2.79. The lowest BCUT2D eigenvalue weighted by atomic mass is 9.92. The van der Waals surface area contributed by atoms with Gasteiger partial charge in [0, 0.05) is 24.2 Å². The van der Waals surface area contributed by atoms with E-state index in [1.54, 1.807) is 0 Å². The van der Waals surface area contributed by atoms with Gasteiger partial charge in [0.25, 0.3) is 0 Å². The second-order valence-corrected chi connectivity index (χ2v) is 6.41. The maximum atomic E-state index is 3.68. The fourth-order valence-corrected chi connectivity index (χ4v) is 3.36. The highest BCUT2D eigenvalue weighted by Crippen LogP contribution is 2.27. The van der Waals surface area contributed by atoms with Crippen LogP contribution in [0.3, 0.4) is 0 Å². The molecule has 1 saturated heterocycles. The van der Waals surface area contributed by atoms with Gasteiger partial charge in [-0.2, -0.15) is 0 Å². The van der Waals surface area contributed by atoms with Crippen LogP contribution in [0.5, 0.6) is 0 Å². The average Bonchev–Trinajstić information content (AvgIpc) is 2.39. The zero-order valence-corrected chi connectivity index (χ0v) is 11.3. The Morgan fingerprint density at radius 2 is 1.75 bits per heavy atom. The van der Waals surface area contributed by atoms with Gasteiger partial charge >= 0.3 is 0 Å². The van der Waals surface area contributed by atoms with Crippen LogP contribution >= 0.6 is 0 Å². The van der Waals surface area contributed by atoms with Crippen LogP contribution in [0.25, 0.3) is 0 Å². The molecule has 1 unspecified atom stereocenters. The third-order valence-corrected chi connectivity index (χ3v) is 4.35. The predicted molar refractivity (Wildman–Crippen MR) is 69.7 cm³/mol. The van der Waals surface area contributed by atoms with Crippen molar-refractivity contribution < 1.29 is 0 Å². The Morgan fingerprint density at radius 1 is 1.06 bits per heavy atom. The SMILES string of the molecule is CC1CCNC(C)(C)CN1C1CCCCC1. The van der Waals surface area contributed by atoms with Crippen LogP contribution in [0.4, 0.5) is 0 Å². The van der Waals surface area contributed by atoms with Crippen LogP contribution < -0.4 is 5.32 Å². The lowest BCUT2D eigenvalue weighted by Crippen LogP contribution is -2.51. The quantitative estimate of drug-likeness (QED) is 0.737. The lowest BCUT2D eigenvalue weighted by molar-refractivity contribution is 0.0965. The van der Waals surface area contributed by atoms with Gasteiger partial charge in [-0.15, -0.1) is 0 Å². The molecule has 1 N–H and O–H groups in total. The Kier molecular flexibility index (Phi) is 3.91. The van der Waals surface area contributed by atoms with E-state index < -0.39 is 0 Å². The summed E-state index contributed by atoms with van der Waals surface area (Å²) in [6.07, 6.45) is 8.52. The molecule has 1 saturated carbocycles. The Morgan fingerprint density at radius 3 is 2.44 bits per heavy atom. The second-order valence-electron chi connectivity index (χ2n) is 6.41. The van der Waals surface area contributed by atoms with Crippen molar-refractivity contribution >= 4 is 0 Å². The van der Waals surface area contributed by atoms with Gasteiger partial charge in [-0.1, -0.05) is 19.3 Å². The first-order chi connectivity index (χ1) is 7.58. The van der Waals surface area contributed by atoms with Gasteiger partial charge in [0.05, 0.1) is 0 Å². The molecule has 1 aliphatic heterocycles. The first-order valence-electron chi connectivity index (χ1n) is 7.09. The highest BCUT2D eigenvalue weighted by atomic mass is 15.2. The van der Waals surface area contributed by atoms with E-state index in [-0.39, 0.29) is 0 Å². The van der Waals surface area contributed by atoms with Gasteiger partial charge in [-0.3, -0.25) is 4.90 Å². The topological polar surface area (TPSA) is 15.3 Å². The number of hydrogen-bond acceptors (Lipinski definition) is 2. The van der Waals surface area contributed by atoms with Gasteiger partial charge in [0.2, 0.25) is 0 Å². The zero-order valence-electron chi connectivity index (χ0n) is 11.3. The summed E-state index contributed by atoms with van der Waals surface area (Å²) < 4.78 is 0. The monoisotopic (exact) mass is 224 g/mol. The Bertz CT molecular complexity index is 219.